The first-order valence-electron chi connectivity index (χ1n) is 5.61. The molecule has 1 aromatic heterocycles. The van der Waals surface area contributed by atoms with E-state index in [9.17, 15) is 0 Å². The largest absolute Gasteiger partial charge is 0.495 e. The molecule has 2 aromatic rings. The van der Waals surface area contributed by atoms with Crippen LogP contribution in [0.4, 0.5) is 17.5 Å². The van der Waals surface area contributed by atoms with Crippen molar-refractivity contribution in [3.63, 3.8) is 0 Å². The summed E-state index contributed by atoms with van der Waals surface area (Å²) in [6, 6.07) is 7.58. The lowest BCUT2D eigenvalue weighted by Crippen LogP contribution is -2.03. The number of methoxy groups -OCH3 is 1. The third-order valence-electron chi connectivity index (χ3n) is 2.48. The molecule has 0 fully saturated rings. The number of aromatic nitrogens is 2. The van der Waals surface area contributed by atoms with Gasteiger partial charge >= 0.3 is 0 Å². The summed E-state index contributed by atoms with van der Waals surface area (Å²) in [4.78, 5) is 8.41. The zero-order valence-electron chi connectivity index (χ0n) is 11.1. The molecule has 3 N–H and O–H groups in total. The van der Waals surface area contributed by atoms with E-state index in [0.717, 1.165) is 22.7 Å². The summed E-state index contributed by atoms with van der Waals surface area (Å²) in [5.74, 6) is 1.65. The van der Waals surface area contributed by atoms with Gasteiger partial charge in [-0.1, -0.05) is 6.07 Å². The Labute approximate surface area is 118 Å². The zero-order chi connectivity index (χ0) is 13.1. The number of hydrogen-bond acceptors (Lipinski definition) is 5. The van der Waals surface area contributed by atoms with Gasteiger partial charge in [0.1, 0.15) is 11.6 Å². The monoisotopic (exact) mass is 280 g/mol. The van der Waals surface area contributed by atoms with Gasteiger partial charge < -0.3 is 15.8 Å². The molecule has 2 rings (SSSR count). The Kier molecular flexibility index (Phi) is 4.94. The van der Waals surface area contributed by atoms with E-state index in [1.807, 2.05) is 32.0 Å². The Morgan fingerprint density at radius 1 is 1.16 bits per heavy atom. The topological polar surface area (TPSA) is 73.1 Å². The summed E-state index contributed by atoms with van der Waals surface area (Å²) in [6.45, 7) is 3.88. The predicted molar refractivity (Wildman–Crippen MR) is 79.4 cm³/mol. The second-order valence-corrected chi connectivity index (χ2v) is 4.09. The fraction of sp³-hybridized carbons (Fsp3) is 0.231. The molecule has 0 spiro atoms. The molecule has 19 heavy (non-hydrogen) atoms. The molecule has 1 aromatic carbocycles. The Morgan fingerprint density at radius 2 is 1.89 bits per heavy atom. The normalized spacial score (nSPS) is 9.63. The van der Waals surface area contributed by atoms with Gasteiger partial charge in [-0.25, -0.2) is 4.98 Å². The highest BCUT2D eigenvalue weighted by atomic mass is 35.5. The van der Waals surface area contributed by atoms with Crippen LogP contribution in [0.3, 0.4) is 0 Å². The fourth-order valence-corrected chi connectivity index (χ4v) is 1.69. The number of nitrogens with one attached hydrogen (secondary N) is 1. The van der Waals surface area contributed by atoms with Crippen LogP contribution in [0.1, 0.15) is 11.3 Å². The van der Waals surface area contributed by atoms with Crippen LogP contribution < -0.4 is 15.8 Å². The molecular weight excluding hydrogens is 264 g/mol. The van der Waals surface area contributed by atoms with Crippen LogP contribution in [-0.2, 0) is 0 Å². The number of nitrogens with zero attached hydrogens (tertiary/aromatic N) is 2. The Balaban J connectivity index is 0.00000180. The van der Waals surface area contributed by atoms with E-state index < -0.39 is 0 Å². The average Bonchev–Trinajstić information content (AvgIpc) is 2.27. The second kappa shape index (κ2) is 6.24. The molecule has 0 unspecified atom stereocenters. The van der Waals surface area contributed by atoms with Gasteiger partial charge in [0, 0.05) is 11.8 Å². The van der Waals surface area contributed by atoms with Gasteiger partial charge in [-0.2, -0.15) is 4.98 Å². The molecule has 0 saturated heterocycles. The van der Waals surface area contributed by atoms with Crippen LogP contribution in [-0.4, -0.2) is 17.1 Å². The molecule has 6 heteroatoms. The van der Waals surface area contributed by atoms with E-state index in [0.29, 0.717) is 11.8 Å². The minimum atomic E-state index is 0. The summed E-state index contributed by atoms with van der Waals surface area (Å²) in [7, 11) is 1.63. The molecule has 5 nitrogen and oxygen atoms in total. The first-order valence-corrected chi connectivity index (χ1v) is 5.61. The van der Waals surface area contributed by atoms with Crippen molar-refractivity contribution < 1.29 is 4.74 Å². The van der Waals surface area contributed by atoms with Crippen LogP contribution >= 0.6 is 12.4 Å². The lowest BCUT2D eigenvalue weighted by atomic mass is 10.2. The maximum absolute atomic E-state index is 5.69. The first-order chi connectivity index (χ1) is 8.58. The van der Waals surface area contributed by atoms with Crippen LogP contribution in [0.15, 0.2) is 24.3 Å². The molecule has 0 aliphatic heterocycles. The third kappa shape index (κ3) is 3.72. The quantitative estimate of drug-likeness (QED) is 0.904. The van der Waals surface area contributed by atoms with Crippen molar-refractivity contribution in [3.05, 3.63) is 35.5 Å². The van der Waals surface area contributed by atoms with Crippen LogP contribution in [0.5, 0.6) is 5.75 Å². The molecule has 0 aliphatic carbocycles. The highest BCUT2D eigenvalue weighted by Crippen LogP contribution is 2.27. The number of benzene rings is 1. The van der Waals surface area contributed by atoms with E-state index in [-0.39, 0.29) is 12.4 Å². The molecule has 0 radical (unpaired) electrons. The van der Waals surface area contributed by atoms with E-state index in [4.69, 9.17) is 10.5 Å². The fourth-order valence-electron chi connectivity index (χ4n) is 1.69. The SMILES string of the molecule is COc1ccc(C)cc1Nc1nc(C)cc(N)n1.Cl. The minimum Gasteiger partial charge on any atom is -0.495 e. The lowest BCUT2D eigenvalue weighted by Gasteiger charge is -2.11. The number of halogens is 1. The summed E-state index contributed by atoms with van der Waals surface area (Å²) >= 11 is 0. The first kappa shape index (κ1) is 15.0. The van der Waals surface area contributed by atoms with Crippen molar-refractivity contribution in [1.29, 1.82) is 0 Å². The zero-order valence-corrected chi connectivity index (χ0v) is 11.9. The summed E-state index contributed by atoms with van der Waals surface area (Å²) in [5, 5.41) is 3.12. The van der Waals surface area contributed by atoms with Gasteiger partial charge in [-0.05, 0) is 31.5 Å². The van der Waals surface area contributed by atoms with Gasteiger partial charge in [0.15, 0.2) is 0 Å². The number of ether oxygens (including phenoxy) is 1. The molecule has 0 saturated carbocycles. The molecule has 0 aliphatic rings. The number of hydrogen-bond donors (Lipinski definition) is 2. The molecule has 0 amide bonds. The van der Waals surface area contributed by atoms with Crippen molar-refractivity contribution in [2.45, 2.75) is 13.8 Å². The van der Waals surface area contributed by atoms with Crippen molar-refractivity contribution in [3.8, 4) is 5.75 Å². The predicted octanol–water partition coefficient (Wildman–Crippen LogP) is 2.85. The second-order valence-electron chi connectivity index (χ2n) is 4.09. The van der Waals surface area contributed by atoms with E-state index in [2.05, 4.69) is 15.3 Å². The number of anilines is 3. The van der Waals surface area contributed by atoms with Gasteiger partial charge in [-0.15, -0.1) is 12.4 Å². The molecule has 0 bridgehead atoms. The molecular formula is C13H17ClN4O. The van der Waals surface area contributed by atoms with Crippen LogP contribution in [0.2, 0.25) is 0 Å². The van der Waals surface area contributed by atoms with Crippen molar-refractivity contribution >= 4 is 29.9 Å². The van der Waals surface area contributed by atoms with Gasteiger partial charge in [0.2, 0.25) is 5.95 Å². The Hall–Kier alpha value is -2.01. The average molecular weight is 281 g/mol. The number of rotatable bonds is 3. The maximum Gasteiger partial charge on any atom is 0.229 e. The smallest absolute Gasteiger partial charge is 0.229 e. The van der Waals surface area contributed by atoms with Crippen LogP contribution in [0, 0.1) is 13.8 Å². The molecule has 102 valence electrons. The van der Waals surface area contributed by atoms with Gasteiger partial charge in [0.25, 0.3) is 0 Å². The molecule has 1 heterocycles. The summed E-state index contributed by atoms with van der Waals surface area (Å²) < 4.78 is 5.28. The summed E-state index contributed by atoms with van der Waals surface area (Å²) in [6.07, 6.45) is 0. The Bertz CT molecular complexity index is 554. The van der Waals surface area contributed by atoms with E-state index in [1.165, 1.54) is 0 Å². The standard InChI is InChI=1S/C13H16N4O.ClH/c1-8-4-5-11(18-3)10(6-8)16-13-15-9(2)7-12(14)17-13;/h4-7H,1-3H3,(H3,14,15,16,17);1H. The highest BCUT2D eigenvalue weighted by Gasteiger charge is 2.06. The number of nitrogen functional groups attached to an aromatic ring is 1. The number of nitrogens with two attached hydrogens (primary N) is 1. The number of aryl methyl sites for hydroxylation is 2. The van der Waals surface area contributed by atoms with Gasteiger partial charge in [0.05, 0.1) is 12.8 Å². The molecule has 0 atom stereocenters. The van der Waals surface area contributed by atoms with Crippen molar-refractivity contribution in [2.75, 3.05) is 18.2 Å². The minimum absolute atomic E-state index is 0. The van der Waals surface area contributed by atoms with Crippen molar-refractivity contribution in [2.24, 2.45) is 0 Å². The maximum atomic E-state index is 5.69. The van der Waals surface area contributed by atoms with E-state index in [1.54, 1.807) is 13.2 Å². The van der Waals surface area contributed by atoms with E-state index >= 15 is 0 Å². The van der Waals surface area contributed by atoms with Crippen LogP contribution in [0.25, 0.3) is 0 Å². The summed E-state index contributed by atoms with van der Waals surface area (Å²) in [5.41, 5.74) is 8.45. The highest BCUT2D eigenvalue weighted by molar-refractivity contribution is 5.85. The Morgan fingerprint density at radius 3 is 2.53 bits per heavy atom. The van der Waals surface area contributed by atoms with Gasteiger partial charge in [-0.3, -0.25) is 0 Å². The third-order valence-corrected chi connectivity index (χ3v) is 2.48. The lowest BCUT2D eigenvalue weighted by molar-refractivity contribution is 0.416. The van der Waals surface area contributed by atoms with Crippen molar-refractivity contribution in [1.82, 2.24) is 9.97 Å².